The Labute approximate surface area is 74.4 Å². The molecule has 1 atom stereocenters. The Balaban J connectivity index is 0. The van der Waals surface area contributed by atoms with Crippen molar-refractivity contribution in [2.75, 3.05) is 7.11 Å². The number of rotatable bonds is 5. The Morgan fingerprint density at radius 3 is 2.17 bits per heavy atom. The molecule has 0 aromatic rings. The number of hydrogen-bond donors (Lipinski definition) is 2. The summed E-state index contributed by atoms with van der Waals surface area (Å²) in [6, 6.07) is 0. The van der Waals surface area contributed by atoms with Gasteiger partial charge >= 0.3 is 5.97 Å². The highest BCUT2D eigenvalue weighted by atomic mass is 16.4. The molecule has 12 heavy (non-hydrogen) atoms. The van der Waals surface area contributed by atoms with Crippen LogP contribution in [0.2, 0.25) is 0 Å². The topological polar surface area (TPSA) is 57.5 Å². The molecule has 0 amide bonds. The lowest BCUT2D eigenvalue weighted by atomic mass is 10.0. The second-order valence-corrected chi connectivity index (χ2v) is 2.74. The fraction of sp³-hybridized carbons (Fsp3) is 0.889. The molecule has 1 unspecified atom stereocenters. The van der Waals surface area contributed by atoms with Crippen LogP contribution in [0.15, 0.2) is 0 Å². The zero-order chi connectivity index (χ0) is 9.98. The molecule has 0 aromatic heterocycles. The highest BCUT2D eigenvalue weighted by molar-refractivity contribution is 5.69. The van der Waals surface area contributed by atoms with Crippen LogP contribution in [0.1, 0.15) is 39.5 Å². The van der Waals surface area contributed by atoms with Crippen molar-refractivity contribution in [2.24, 2.45) is 5.92 Å². The number of unbranched alkanes of at least 4 members (excludes halogenated alkanes) is 2. The SMILES string of the molecule is CCCCCC(C)C(=O)O.CO. The number of aliphatic hydroxyl groups excluding tert-OH is 1. The summed E-state index contributed by atoms with van der Waals surface area (Å²) >= 11 is 0. The number of hydrogen-bond acceptors (Lipinski definition) is 2. The number of aliphatic hydroxyl groups is 1. The van der Waals surface area contributed by atoms with Crippen LogP contribution in [-0.4, -0.2) is 23.3 Å². The molecule has 0 heterocycles. The van der Waals surface area contributed by atoms with Gasteiger partial charge in [0.05, 0.1) is 5.92 Å². The van der Waals surface area contributed by atoms with E-state index in [1.54, 1.807) is 6.92 Å². The fourth-order valence-electron chi connectivity index (χ4n) is 0.824. The Morgan fingerprint density at radius 1 is 1.33 bits per heavy atom. The molecule has 2 N–H and O–H groups in total. The zero-order valence-electron chi connectivity index (χ0n) is 8.21. The molecule has 3 heteroatoms. The molecule has 0 bridgehead atoms. The van der Waals surface area contributed by atoms with E-state index < -0.39 is 5.97 Å². The van der Waals surface area contributed by atoms with Gasteiger partial charge in [-0.2, -0.15) is 0 Å². The Hall–Kier alpha value is -0.570. The van der Waals surface area contributed by atoms with Crippen LogP contribution in [-0.2, 0) is 4.79 Å². The Bertz CT molecular complexity index is 102. The van der Waals surface area contributed by atoms with Gasteiger partial charge in [-0.05, 0) is 6.42 Å². The number of carboxylic acids is 1. The quantitative estimate of drug-likeness (QED) is 0.629. The third kappa shape index (κ3) is 9.43. The molecule has 0 aliphatic carbocycles. The molecule has 0 fully saturated rings. The number of carbonyl (C=O) groups is 1. The van der Waals surface area contributed by atoms with Crippen molar-refractivity contribution in [3.05, 3.63) is 0 Å². The molecular weight excluding hydrogens is 156 g/mol. The van der Waals surface area contributed by atoms with Gasteiger partial charge in [-0.1, -0.05) is 33.1 Å². The molecule has 0 aromatic carbocycles. The van der Waals surface area contributed by atoms with Gasteiger partial charge in [0.15, 0.2) is 0 Å². The molecule has 0 rings (SSSR count). The summed E-state index contributed by atoms with van der Waals surface area (Å²) in [5.74, 6) is -0.831. The molecule has 0 radical (unpaired) electrons. The van der Waals surface area contributed by atoms with Crippen LogP contribution in [0.3, 0.4) is 0 Å². The first-order chi connectivity index (χ1) is 5.68. The van der Waals surface area contributed by atoms with Crippen molar-refractivity contribution in [1.29, 1.82) is 0 Å². The predicted molar refractivity (Wildman–Crippen MR) is 49.1 cm³/mol. The maximum absolute atomic E-state index is 10.3. The molecule has 0 saturated heterocycles. The smallest absolute Gasteiger partial charge is 0.306 e. The van der Waals surface area contributed by atoms with E-state index in [4.69, 9.17) is 10.2 Å². The lowest BCUT2D eigenvalue weighted by Crippen LogP contribution is -2.08. The largest absolute Gasteiger partial charge is 0.481 e. The number of carboxylic acid groups (broad SMARTS) is 1. The zero-order valence-corrected chi connectivity index (χ0v) is 8.21. The van der Waals surface area contributed by atoms with Crippen LogP contribution in [0.5, 0.6) is 0 Å². The van der Waals surface area contributed by atoms with Crippen molar-refractivity contribution in [2.45, 2.75) is 39.5 Å². The maximum atomic E-state index is 10.3. The van der Waals surface area contributed by atoms with E-state index in [-0.39, 0.29) is 5.92 Å². The van der Waals surface area contributed by atoms with Gasteiger partial charge < -0.3 is 10.2 Å². The minimum Gasteiger partial charge on any atom is -0.481 e. The van der Waals surface area contributed by atoms with Gasteiger partial charge in [0, 0.05) is 7.11 Å². The lowest BCUT2D eigenvalue weighted by Gasteiger charge is -2.03. The predicted octanol–water partition coefficient (Wildman–Crippen LogP) is 1.90. The van der Waals surface area contributed by atoms with E-state index in [9.17, 15) is 4.79 Å². The summed E-state index contributed by atoms with van der Waals surface area (Å²) in [4.78, 5) is 10.3. The Morgan fingerprint density at radius 2 is 1.83 bits per heavy atom. The summed E-state index contributed by atoms with van der Waals surface area (Å²) in [6.45, 7) is 3.88. The molecular formula is C9H20O3. The van der Waals surface area contributed by atoms with E-state index in [0.29, 0.717) is 0 Å². The second kappa shape index (κ2) is 10.4. The first kappa shape index (κ1) is 14.0. The van der Waals surface area contributed by atoms with Crippen molar-refractivity contribution in [1.82, 2.24) is 0 Å². The highest BCUT2D eigenvalue weighted by Crippen LogP contribution is 2.08. The third-order valence-electron chi connectivity index (χ3n) is 1.66. The average molecular weight is 176 g/mol. The fourth-order valence-corrected chi connectivity index (χ4v) is 0.824. The summed E-state index contributed by atoms with van der Waals surface area (Å²) in [5, 5.41) is 15.5. The van der Waals surface area contributed by atoms with Crippen LogP contribution < -0.4 is 0 Å². The van der Waals surface area contributed by atoms with Crippen molar-refractivity contribution < 1.29 is 15.0 Å². The summed E-state index contributed by atoms with van der Waals surface area (Å²) in [5.41, 5.74) is 0. The van der Waals surface area contributed by atoms with Gasteiger partial charge in [0.2, 0.25) is 0 Å². The summed E-state index contributed by atoms with van der Waals surface area (Å²) < 4.78 is 0. The Kier molecular flexibility index (Phi) is 12.2. The van der Waals surface area contributed by atoms with E-state index in [1.807, 2.05) is 0 Å². The lowest BCUT2D eigenvalue weighted by molar-refractivity contribution is -0.141. The first-order valence-corrected chi connectivity index (χ1v) is 4.36. The van der Waals surface area contributed by atoms with E-state index in [1.165, 1.54) is 0 Å². The second-order valence-electron chi connectivity index (χ2n) is 2.74. The molecule has 3 nitrogen and oxygen atoms in total. The van der Waals surface area contributed by atoms with Crippen LogP contribution in [0.25, 0.3) is 0 Å². The summed E-state index contributed by atoms with van der Waals surface area (Å²) in [7, 11) is 1.00. The van der Waals surface area contributed by atoms with Gasteiger partial charge in [0.25, 0.3) is 0 Å². The highest BCUT2D eigenvalue weighted by Gasteiger charge is 2.08. The molecule has 0 aliphatic heterocycles. The van der Waals surface area contributed by atoms with Crippen LogP contribution in [0.4, 0.5) is 0 Å². The third-order valence-corrected chi connectivity index (χ3v) is 1.66. The molecule has 74 valence electrons. The van der Waals surface area contributed by atoms with Crippen molar-refractivity contribution >= 4 is 5.97 Å². The normalized spacial score (nSPS) is 11.3. The monoisotopic (exact) mass is 176 g/mol. The molecule has 0 aliphatic rings. The van der Waals surface area contributed by atoms with E-state index >= 15 is 0 Å². The molecule has 0 spiro atoms. The van der Waals surface area contributed by atoms with Gasteiger partial charge in [-0.15, -0.1) is 0 Å². The molecule has 0 saturated carbocycles. The van der Waals surface area contributed by atoms with Gasteiger partial charge in [-0.3, -0.25) is 4.79 Å². The maximum Gasteiger partial charge on any atom is 0.306 e. The van der Waals surface area contributed by atoms with Crippen molar-refractivity contribution in [3.8, 4) is 0 Å². The average Bonchev–Trinajstić information content (AvgIpc) is 2.08. The van der Waals surface area contributed by atoms with Crippen LogP contribution in [0, 0.1) is 5.92 Å². The minimum atomic E-state index is -0.670. The van der Waals surface area contributed by atoms with E-state index in [2.05, 4.69) is 6.92 Å². The number of aliphatic carboxylic acids is 1. The standard InChI is InChI=1S/C8H16O2.CH4O/c1-3-4-5-6-7(2)8(9)10;1-2/h7H,3-6H2,1-2H3,(H,9,10);2H,1H3. The van der Waals surface area contributed by atoms with Gasteiger partial charge in [0.1, 0.15) is 0 Å². The minimum absolute atomic E-state index is 0.161. The summed E-state index contributed by atoms with van der Waals surface area (Å²) in [6.07, 6.45) is 4.18. The van der Waals surface area contributed by atoms with E-state index in [0.717, 1.165) is 32.8 Å². The van der Waals surface area contributed by atoms with Crippen LogP contribution >= 0.6 is 0 Å². The van der Waals surface area contributed by atoms with Crippen molar-refractivity contribution in [3.63, 3.8) is 0 Å². The van der Waals surface area contributed by atoms with Gasteiger partial charge in [-0.25, -0.2) is 0 Å². The first-order valence-electron chi connectivity index (χ1n) is 4.36.